The van der Waals surface area contributed by atoms with E-state index in [-0.39, 0.29) is 0 Å². The maximum atomic E-state index is 3.53. The molecule has 0 aliphatic heterocycles. The van der Waals surface area contributed by atoms with Gasteiger partial charge in [0.15, 0.2) is 0 Å². The summed E-state index contributed by atoms with van der Waals surface area (Å²) in [6.07, 6.45) is 7.17. The fourth-order valence-electron chi connectivity index (χ4n) is 1.81. The first-order chi connectivity index (χ1) is 5.36. The molecule has 0 bridgehead atoms. The zero-order chi connectivity index (χ0) is 8.10. The highest BCUT2D eigenvalue weighted by Crippen LogP contribution is 2.30. The molecule has 1 heteroatoms. The minimum absolute atomic E-state index is 0.797. The van der Waals surface area contributed by atoms with Crippen LogP contribution in [0.25, 0.3) is 0 Å². The Bertz CT molecular complexity index is 97.0. The monoisotopic (exact) mass is 155 g/mol. The summed E-state index contributed by atoms with van der Waals surface area (Å²) >= 11 is 0. The predicted molar refractivity (Wildman–Crippen MR) is 49.7 cm³/mol. The third-order valence-corrected chi connectivity index (χ3v) is 2.83. The van der Waals surface area contributed by atoms with Crippen LogP contribution < -0.4 is 5.32 Å². The second-order valence-electron chi connectivity index (χ2n) is 3.70. The fraction of sp³-hybridized carbons (Fsp3) is 1.00. The van der Waals surface area contributed by atoms with Gasteiger partial charge in [-0.3, -0.25) is 0 Å². The summed E-state index contributed by atoms with van der Waals surface area (Å²) in [6, 6.07) is 0.797. The normalized spacial score (nSPS) is 21.3. The molecule has 1 atom stereocenters. The fourth-order valence-corrected chi connectivity index (χ4v) is 1.81. The molecular weight excluding hydrogens is 134 g/mol. The Morgan fingerprint density at radius 3 is 2.45 bits per heavy atom. The third-order valence-electron chi connectivity index (χ3n) is 2.83. The summed E-state index contributed by atoms with van der Waals surface area (Å²) in [5.74, 6) is 1.05. The average molecular weight is 155 g/mol. The minimum atomic E-state index is 0.797. The standard InChI is InChI=1S/C10H21N/c1-3-10(11-4-2)8-9-6-5-7-9/h9-11H,3-8H2,1-2H3. The van der Waals surface area contributed by atoms with Crippen molar-refractivity contribution < 1.29 is 0 Å². The lowest BCUT2D eigenvalue weighted by Crippen LogP contribution is -2.31. The van der Waals surface area contributed by atoms with Gasteiger partial charge in [0.1, 0.15) is 0 Å². The third kappa shape index (κ3) is 2.82. The number of nitrogens with one attached hydrogen (secondary N) is 1. The highest BCUT2D eigenvalue weighted by molar-refractivity contribution is 4.76. The van der Waals surface area contributed by atoms with Gasteiger partial charge in [0, 0.05) is 6.04 Å². The summed E-state index contributed by atoms with van der Waals surface area (Å²) < 4.78 is 0. The summed E-state index contributed by atoms with van der Waals surface area (Å²) in [6.45, 7) is 5.61. The Morgan fingerprint density at radius 2 is 2.09 bits per heavy atom. The van der Waals surface area contributed by atoms with Crippen LogP contribution >= 0.6 is 0 Å². The summed E-state index contributed by atoms with van der Waals surface area (Å²) in [4.78, 5) is 0. The lowest BCUT2D eigenvalue weighted by molar-refractivity contribution is 0.258. The zero-order valence-corrected chi connectivity index (χ0v) is 7.90. The van der Waals surface area contributed by atoms with Crippen molar-refractivity contribution in [3.8, 4) is 0 Å². The molecule has 0 heterocycles. The quantitative estimate of drug-likeness (QED) is 0.643. The van der Waals surface area contributed by atoms with Crippen LogP contribution in [0.4, 0.5) is 0 Å². The Labute approximate surface area is 70.6 Å². The van der Waals surface area contributed by atoms with Crippen LogP contribution in [-0.4, -0.2) is 12.6 Å². The lowest BCUT2D eigenvalue weighted by Gasteiger charge is -2.29. The van der Waals surface area contributed by atoms with E-state index in [1.807, 2.05) is 0 Å². The van der Waals surface area contributed by atoms with Crippen molar-refractivity contribution in [3.63, 3.8) is 0 Å². The molecule has 1 aliphatic rings. The molecule has 1 saturated carbocycles. The second-order valence-corrected chi connectivity index (χ2v) is 3.70. The Kier molecular flexibility index (Phi) is 3.92. The van der Waals surface area contributed by atoms with E-state index in [1.54, 1.807) is 0 Å². The van der Waals surface area contributed by atoms with Crippen molar-refractivity contribution in [2.45, 2.75) is 52.0 Å². The molecule has 0 aromatic rings. The first kappa shape index (κ1) is 9.05. The van der Waals surface area contributed by atoms with E-state index in [9.17, 15) is 0 Å². The Balaban J connectivity index is 2.08. The molecule has 0 aromatic heterocycles. The Hall–Kier alpha value is -0.0400. The predicted octanol–water partition coefficient (Wildman–Crippen LogP) is 2.56. The molecule has 0 amide bonds. The van der Waals surface area contributed by atoms with Gasteiger partial charge in [0.25, 0.3) is 0 Å². The molecule has 0 saturated heterocycles. The first-order valence-corrected chi connectivity index (χ1v) is 5.10. The van der Waals surface area contributed by atoms with Crippen LogP contribution in [0, 0.1) is 5.92 Å². The molecule has 1 N–H and O–H groups in total. The van der Waals surface area contributed by atoms with Crippen molar-refractivity contribution in [2.24, 2.45) is 5.92 Å². The molecule has 0 aromatic carbocycles. The molecule has 66 valence electrons. The van der Waals surface area contributed by atoms with Crippen molar-refractivity contribution >= 4 is 0 Å². The van der Waals surface area contributed by atoms with Crippen LogP contribution in [0.2, 0.25) is 0 Å². The Morgan fingerprint density at radius 1 is 1.36 bits per heavy atom. The van der Waals surface area contributed by atoms with Gasteiger partial charge >= 0.3 is 0 Å². The molecule has 1 rings (SSSR count). The van der Waals surface area contributed by atoms with Crippen molar-refractivity contribution in [3.05, 3.63) is 0 Å². The van der Waals surface area contributed by atoms with E-state index in [0.29, 0.717) is 0 Å². The second kappa shape index (κ2) is 4.76. The average Bonchev–Trinajstić information content (AvgIpc) is 1.94. The van der Waals surface area contributed by atoms with Gasteiger partial charge in [0.05, 0.1) is 0 Å². The van der Waals surface area contributed by atoms with Gasteiger partial charge in [-0.1, -0.05) is 33.1 Å². The topological polar surface area (TPSA) is 12.0 Å². The summed E-state index contributed by atoms with van der Waals surface area (Å²) in [7, 11) is 0. The summed E-state index contributed by atoms with van der Waals surface area (Å²) in [5.41, 5.74) is 0. The van der Waals surface area contributed by atoms with E-state index in [1.165, 1.54) is 32.1 Å². The molecule has 11 heavy (non-hydrogen) atoms. The van der Waals surface area contributed by atoms with Crippen molar-refractivity contribution in [2.75, 3.05) is 6.54 Å². The lowest BCUT2D eigenvalue weighted by atomic mass is 9.80. The van der Waals surface area contributed by atoms with Gasteiger partial charge in [0.2, 0.25) is 0 Å². The number of hydrogen-bond donors (Lipinski definition) is 1. The van der Waals surface area contributed by atoms with Crippen LogP contribution in [0.3, 0.4) is 0 Å². The van der Waals surface area contributed by atoms with E-state index in [0.717, 1.165) is 18.5 Å². The SMILES string of the molecule is CCNC(CC)CC1CCC1. The van der Waals surface area contributed by atoms with E-state index >= 15 is 0 Å². The van der Waals surface area contributed by atoms with Crippen LogP contribution in [0.15, 0.2) is 0 Å². The van der Waals surface area contributed by atoms with Gasteiger partial charge in [-0.25, -0.2) is 0 Å². The highest BCUT2D eigenvalue weighted by Gasteiger charge is 2.20. The molecular formula is C10H21N. The number of rotatable bonds is 5. The van der Waals surface area contributed by atoms with Gasteiger partial charge < -0.3 is 5.32 Å². The molecule has 1 nitrogen and oxygen atoms in total. The molecule has 1 fully saturated rings. The first-order valence-electron chi connectivity index (χ1n) is 5.10. The maximum absolute atomic E-state index is 3.53. The van der Waals surface area contributed by atoms with Gasteiger partial charge in [-0.2, -0.15) is 0 Å². The van der Waals surface area contributed by atoms with E-state index in [4.69, 9.17) is 0 Å². The zero-order valence-electron chi connectivity index (χ0n) is 7.90. The molecule has 1 unspecified atom stereocenters. The van der Waals surface area contributed by atoms with Crippen LogP contribution in [0.5, 0.6) is 0 Å². The molecule has 1 aliphatic carbocycles. The minimum Gasteiger partial charge on any atom is -0.314 e. The highest BCUT2D eigenvalue weighted by atomic mass is 14.9. The molecule has 0 spiro atoms. The number of hydrogen-bond acceptors (Lipinski definition) is 1. The van der Waals surface area contributed by atoms with Crippen LogP contribution in [0.1, 0.15) is 46.0 Å². The maximum Gasteiger partial charge on any atom is 0.00669 e. The van der Waals surface area contributed by atoms with Crippen LogP contribution in [-0.2, 0) is 0 Å². The van der Waals surface area contributed by atoms with E-state index < -0.39 is 0 Å². The smallest absolute Gasteiger partial charge is 0.00669 e. The molecule has 0 radical (unpaired) electrons. The van der Waals surface area contributed by atoms with E-state index in [2.05, 4.69) is 19.2 Å². The van der Waals surface area contributed by atoms with Gasteiger partial charge in [-0.15, -0.1) is 0 Å². The largest absolute Gasteiger partial charge is 0.314 e. The van der Waals surface area contributed by atoms with Crippen molar-refractivity contribution in [1.29, 1.82) is 0 Å². The summed E-state index contributed by atoms with van der Waals surface area (Å²) in [5, 5.41) is 3.53. The van der Waals surface area contributed by atoms with Crippen molar-refractivity contribution in [1.82, 2.24) is 5.32 Å². The van der Waals surface area contributed by atoms with Gasteiger partial charge in [-0.05, 0) is 25.3 Å².